The van der Waals surface area contributed by atoms with Gasteiger partial charge in [-0.05, 0) is 74.1 Å². The van der Waals surface area contributed by atoms with Gasteiger partial charge in [0.15, 0.2) is 11.6 Å². The van der Waals surface area contributed by atoms with E-state index in [0.717, 1.165) is 28.5 Å². The highest BCUT2D eigenvalue weighted by atomic mass is 19.2. The second kappa shape index (κ2) is 9.29. The van der Waals surface area contributed by atoms with Crippen molar-refractivity contribution in [2.45, 2.75) is 62.6 Å². The molecule has 8 nitrogen and oxygen atoms in total. The van der Waals surface area contributed by atoms with E-state index in [1.54, 1.807) is 24.5 Å². The maximum absolute atomic E-state index is 14.9. The molecule has 1 aliphatic carbocycles. The molecular formula is C32H30F2N6O2. The lowest BCUT2D eigenvalue weighted by Gasteiger charge is -2.34. The van der Waals surface area contributed by atoms with Gasteiger partial charge in [-0.15, -0.1) is 0 Å². The van der Waals surface area contributed by atoms with Crippen molar-refractivity contribution in [2.24, 2.45) is 5.73 Å². The Morgan fingerprint density at radius 1 is 1.12 bits per heavy atom. The van der Waals surface area contributed by atoms with Crippen molar-refractivity contribution in [2.75, 3.05) is 5.32 Å². The summed E-state index contributed by atoms with van der Waals surface area (Å²) in [6, 6.07) is 12.9. The second-order valence-electron chi connectivity index (χ2n) is 12.2. The standard InChI is InChI=1S/C32H30F2N6O2/c1-31(2,35)25-15-37-28-24(12-20(16-40(25)28)21-5-3-7-23(33)26(21)34)38-29(41)17-8-9-18-13-32(14-19(18)11-17)22-6-4-10-36-27(22)39-30(32)42/h3-11,15,20,24H,12-14,16,35H2,1-2H3,(H,38,41)(H,36,39,42)/t20-,24+,32-/m1/s1. The molecule has 4 N–H and O–H groups in total. The first-order chi connectivity index (χ1) is 20.0. The van der Waals surface area contributed by atoms with Crippen LogP contribution in [0.3, 0.4) is 0 Å². The van der Waals surface area contributed by atoms with Crippen molar-refractivity contribution in [1.82, 2.24) is 19.9 Å². The van der Waals surface area contributed by atoms with Crippen molar-refractivity contribution >= 4 is 17.6 Å². The Morgan fingerprint density at radius 2 is 1.93 bits per heavy atom. The van der Waals surface area contributed by atoms with Crippen LogP contribution in [0, 0.1) is 11.6 Å². The Bertz CT molecular complexity index is 1780. The van der Waals surface area contributed by atoms with Gasteiger partial charge < -0.3 is 20.9 Å². The lowest BCUT2D eigenvalue weighted by Crippen LogP contribution is -2.39. The monoisotopic (exact) mass is 568 g/mol. The maximum atomic E-state index is 14.9. The van der Waals surface area contributed by atoms with Crippen molar-refractivity contribution in [3.8, 4) is 0 Å². The van der Waals surface area contributed by atoms with Crippen LogP contribution < -0.4 is 16.4 Å². The zero-order valence-corrected chi connectivity index (χ0v) is 23.2. The molecule has 0 saturated heterocycles. The van der Waals surface area contributed by atoms with E-state index in [4.69, 9.17) is 5.73 Å². The number of fused-ring (bicyclic) bond motifs is 4. The van der Waals surface area contributed by atoms with Crippen LogP contribution >= 0.6 is 0 Å². The Balaban J connectivity index is 1.19. The number of carbonyl (C=O) groups is 2. The van der Waals surface area contributed by atoms with E-state index < -0.39 is 34.5 Å². The van der Waals surface area contributed by atoms with E-state index >= 15 is 0 Å². The summed E-state index contributed by atoms with van der Waals surface area (Å²) in [4.78, 5) is 35.7. The summed E-state index contributed by atoms with van der Waals surface area (Å²) < 4.78 is 31.0. The number of halogens is 2. The second-order valence-corrected chi connectivity index (χ2v) is 12.2. The van der Waals surface area contributed by atoms with Gasteiger partial charge in [-0.25, -0.2) is 18.7 Å². The summed E-state index contributed by atoms with van der Waals surface area (Å²) in [5.74, 6) is -1.39. The third-order valence-electron chi connectivity index (χ3n) is 8.95. The molecular weight excluding hydrogens is 538 g/mol. The maximum Gasteiger partial charge on any atom is 0.251 e. The first-order valence-electron chi connectivity index (χ1n) is 14.0. The predicted molar refractivity (Wildman–Crippen MR) is 152 cm³/mol. The number of nitrogens with zero attached hydrogens (tertiary/aromatic N) is 3. The van der Waals surface area contributed by atoms with E-state index in [9.17, 15) is 18.4 Å². The number of amides is 2. The molecule has 4 aromatic rings. The number of hydrogen-bond donors (Lipinski definition) is 3. The first-order valence-corrected chi connectivity index (χ1v) is 14.0. The van der Waals surface area contributed by atoms with Gasteiger partial charge in [0, 0.05) is 29.8 Å². The van der Waals surface area contributed by atoms with Crippen molar-refractivity contribution in [3.63, 3.8) is 0 Å². The molecule has 0 fully saturated rings. The highest BCUT2D eigenvalue weighted by Gasteiger charge is 2.51. The van der Waals surface area contributed by atoms with Crippen LogP contribution in [0.5, 0.6) is 0 Å². The Morgan fingerprint density at radius 3 is 2.74 bits per heavy atom. The number of carbonyl (C=O) groups excluding carboxylic acids is 2. The van der Waals surface area contributed by atoms with Crippen LogP contribution in [0.25, 0.3) is 0 Å². The van der Waals surface area contributed by atoms with Gasteiger partial charge in [0.05, 0.1) is 28.9 Å². The average molecular weight is 569 g/mol. The van der Waals surface area contributed by atoms with Gasteiger partial charge in [-0.3, -0.25) is 9.59 Å². The topological polar surface area (TPSA) is 115 Å². The van der Waals surface area contributed by atoms with E-state index in [1.807, 2.05) is 42.7 Å². The molecule has 42 heavy (non-hydrogen) atoms. The van der Waals surface area contributed by atoms with E-state index in [-0.39, 0.29) is 17.4 Å². The van der Waals surface area contributed by atoms with Crippen LogP contribution in [-0.2, 0) is 35.1 Å². The average Bonchev–Trinajstić information content (AvgIpc) is 3.64. The van der Waals surface area contributed by atoms with Gasteiger partial charge in [0.2, 0.25) is 5.91 Å². The fourth-order valence-corrected chi connectivity index (χ4v) is 6.89. The largest absolute Gasteiger partial charge is 0.342 e. The first kappa shape index (κ1) is 26.5. The van der Waals surface area contributed by atoms with Gasteiger partial charge in [0.25, 0.3) is 5.91 Å². The van der Waals surface area contributed by atoms with Gasteiger partial charge in [0.1, 0.15) is 11.6 Å². The number of rotatable bonds is 4. The quantitative estimate of drug-likeness (QED) is 0.338. The third kappa shape index (κ3) is 4.04. The molecule has 0 radical (unpaired) electrons. The molecule has 10 heteroatoms. The zero-order valence-electron chi connectivity index (χ0n) is 23.2. The van der Waals surface area contributed by atoms with Crippen molar-refractivity contribution in [1.29, 1.82) is 0 Å². The summed E-state index contributed by atoms with van der Waals surface area (Å²) in [6.07, 6.45) is 4.69. The molecule has 0 unspecified atom stereocenters. The fraction of sp³-hybridized carbons (Fsp3) is 0.312. The molecule has 0 bridgehead atoms. The number of nitrogens with two attached hydrogens (primary N) is 1. The van der Waals surface area contributed by atoms with Crippen LogP contribution in [-0.4, -0.2) is 26.3 Å². The summed E-state index contributed by atoms with van der Waals surface area (Å²) in [5.41, 5.74) is 9.23. The normalized spacial score (nSPS) is 22.5. The van der Waals surface area contributed by atoms with E-state index in [2.05, 4.69) is 20.6 Å². The molecule has 0 saturated carbocycles. The number of anilines is 1. The molecule has 1 spiro atoms. The molecule has 3 atom stereocenters. The van der Waals surface area contributed by atoms with Crippen LogP contribution in [0.15, 0.2) is 60.9 Å². The Labute approximate surface area is 241 Å². The molecule has 214 valence electrons. The molecule has 3 aliphatic rings. The summed E-state index contributed by atoms with van der Waals surface area (Å²) in [7, 11) is 0. The molecule has 4 heterocycles. The smallest absolute Gasteiger partial charge is 0.251 e. The molecule has 2 amide bonds. The Kier molecular flexibility index (Phi) is 5.85. The number of aromatic nitrogens is 3. The van der Waals surface area contributed by atoms with Crippen LogP contribution in [0.4, 0.5) is 14.6 Å². The van der Waals surface area contributed by atoms with Gasteiger partial charge in [-0.1, -0.05) is 24.3 Å². The molecule has 7 rings (SSSR count). The highest BCUT2D eigenvalue weighted by molar-refractivity contribution is 6.06. The Hall–Kier alpha value is -4.44. The third-order valence-corrected chi connectivity index (χ3v) is 8.95. The van der Waals surface area contributed by atoms with Crippen LogP contribution in [0.1, 0.15) is 76.4 Å². The van der Waals surface area contributed by atoms with E-state index in [1.165, 1.54) is 6.07 Å². The van der Waals surface area contributed by atoms with Crippen molar-refractivity contribution < 1.29 is 18.4 Å². The van der Waals surface area contributed by atoms with Crippen molar-refractivity contribution in [3.05, 3.63) is 112 Å². The molecule has 2 aromatic carbocycles. The number of benzene rings is 2. The molecule has 2 aliphatic heterocycles. The number of pyridine rings is 1. The number of nitrogens with one attached hydrogen (secondary N) is 2. The minimum absolute atomic E-state index is 0.0818. The summed E-state index contributed by atoms with van der Waals surface area (Å²) >= 11 is 0. The lowest BCUT2D eigenvalue weighted by atomic mass is 9.79. The van der Waals surface area contributed by atoms with Crippen LogP contribution in [0.2, 0.25) is 0 Å². The summed E-state index contributed by atoms with van der Waals surface area (Å²) in [5, 5.41) is 6.00. The minimum Gasteiger partial charge on any atom is -0.342 e. The number of hydrogen-bond acceptors (Lipinski definition) is 5. The van der Waals surface area contributed by atoms with E-state index in [0.29, 0.717) is 43.0 Å². The highest BCUT2D eigenvalue weighted by Crippen LogP contribution is 2.47. The van der Waals surface area contributed by atoms with Gasteiger partial charge in [-0.2, -0.15) is 0 Å². The van der Waals surface area contributed by atoms with Gasteiger partial charge >= 0.3 is 0 Å². The SMILES string of the molecule is CC(C)(N)c1cnc2n1C[C@H](c1cccc(F)c1F)C[C@@H]2NC(=O)c1ccc2c(c1)C[C@@]1(C2)C(=O)Nc2ncccc21. The zero-order chi connectivity index (χ0) is 29.4. The minimum atomic E-state index is -0.908. The molecule has 2 aromatic heterocycles. The lowest BCUT2D eigenvalue weighted by molar-refractivity contribution is -0.120. The fourth-order valence-electron chi connectivity index (χ4n) is 6.89. The summed E-state index contributed by atoms with van der Waals surface area (Å²) in [6.45, 7) is 4.07. The number of imidazole rings is 1. The predicted octanol–water partition coefficient (Wildman–Crippen LogP) is 4.40.